The molecule has 9 heteroatoms. The van der Waals surface area contributed by atoms with E-state index in [2.05, 4.69) is 0 Å². The van der Waals surface area contributed by atoms with E-state index in [9.17, 15) is 18.0 Å². The molecule has 2 heterocycles. The minimum absolute atomic E-state index is 0.165. The van der Waals surface area contributed by atoms with Gasteiger partial charge in [-0.3, -0.25) is 14.3 Å². The van der Waals surface area contributed by atoms with Gasteiger partial charge in [0.05, 0.1) is 18.2 Å². The Kier molecular flexibility index (Phi) is 3.83. The Labute approximate surface area is 119 Å². The van der Waals surface area contributed by atoms with Gasteiger partial charge in [-0.15, -0.1) is 0 Å². The summed E-state index contributed by atoms with van der Waals surface area (Å²) in [6, 6.07) is 0. The maximum Gasteiger partial charge on any atom is 0.328 e. The van der Waals surface area contributed by atoms with Crippen molar-refractivity contribution in [2.45, 2.75) is 49.8 Å². The molecular weight excluding hydrogens is 308 g/mol. The predicted molar refractivity (Wildman–Crippen MR) is 72.5 cm³/mol. The summed E-state index contributed by atoms with van der Waals surface area (Å²) in [4.78, 5) is 24.4. The number of nitrogens with zero attached hydrogens (tertiary/aromatic N) is 1. The molecule has 1 aromatic heterocycles. The van der Waals surface area contributed by atoms with Crippen molar-refractivity contribution < 1.29 is 13.2 Å². The van der Waals surface area contributed by atoms with E-state index in [1.54, 1.807) is 0 Å². The van der Waals surface area contributed by atoms with Crippen molar-refractivity contribution in [1.82, 2.24) is 9.55 Å². The number of rotatable bonds is 3. The Morgan fingerprint density at radius 1 is 1.50 bits per heavy atom. The van der Waals surface area contributed by atoms with E-state index in [1.165, 1.54) is 0 Å². The fourth-order valence-corrected chi connectivity index (χ4v) is 3.08. The highest BCUT2D eigenvalue weighted by molar-refractivity contribution is 8.13. The van der Waals surface area contributed by atoms with Crippen LogP contribution < -0.4 is 11.2 Å². The molecule has 7 nitrogen and oxygen atoms in total. The fourth-order valence-electron chi connectivity index (χ4n) is 2.22. The molecule has 0 amide bonds. The summed E-state index contributed by atoms with van der Waals surface area (Å²) in [5.41, 5.74) is -1.97. The molecule has 1 unspecified atom stereocenters. The van der Waals surface area contributed by atoms with Crippen molar-refractivity contribution >= 4 is 19.7 Å². The number of nitrogens with one attached hydrogen (secondary N) is 1. The zero-order chi connectivity index (χ0) is 15.1. The molecule has 112 valence electrons. The van der Waals surface area contributed by atoms with Crippen LogP contribution in [-0.4, -0.2) is 29.7 Å². The van der Waals surface area contributed by atoms with Gasteiger partial charge >= 0.3 is 5.69 Å². The van der Waals surface area contributed by atoms with Gasteiger partial charge in [0.2, 0.25) is 0 Å². The summed E-state index contributed by atoms with van der Waals surface area (Å²) in [5.74, 6) is 0. The minimum Gasteiger partial charge on any atom is -0.370 e. The standard InChI is InChI=1S/C11H15ClN2O5S/c1-11(2)4-3-7(19-11)5-14-6-8(20(12,17)18)9(15)13-10(14)16/h6-7H,3-5H2,1-2H3,(H,13,15,16). The van der Waals surface area contributed by atoms with Crippen LogP contribution in [0.25, 0.3) is 0 Å². The van der Waals surface area contributed by atoms with E-state index in [1.807, 2.05) is 18.8 Å². The third kappa shape index (κ3) is 3.31. The second-order valence-electron chi connectivity index (χ2n) is 5.38. The van der Waals surface area contributed by atoms with Gasteiger partial charge in [0, 0.05) is 16.9 Å². The molecule has 1 fully saturated rings. The molecule has 1 aliphatic rings. The van der Waals surface area contributed by atoms with Crippen LogP contribution in [0.1, 0.15) is 26.7 Å². The lowest BCUT2D eigenvalue weighted by molar-refractivity contribution is -0.0222. The monoisotopic (exact) mass is 322 g/mol. The summed E-state index contributed by atoms with van der Waals surface area (Å²) >= 11 is 0. The molecule has 1 aliphatic heterocycles. The van der Waals surface area contributed by atoms with Crippen molar-refractivity contribution in [1.29, 1.82) is 0 Å². The molecule has 0 saturated carbocycles. The molecule has 0 bridgehead atoms. The van der Waals surface area contributed by atoms with Crippen LogP contribution in [0.4, 0.5) is 0 Å². The Morgan fingerprint density at radius 3 is 2.65 bits per heavy atom. The molecule has 1 N–H and O–H groups in total. The van der Waals surface area contributed by atoms with Gasteiger partial charge in [0.25, 0.3) is 14.6 Å². The summed E-state index contributed by atoms with van der Waals surface area (Å²) < 4.78 is 29.3. The zero-order valence-electron chi connectivity index (χ0n) is 11.1. The van der Waals surface area contributed by atoms with Gasteiger partial charge in [-0.2, -0.15) is 0 Å². The van der Waals surface area contributed by atoms with Crippen LogP contribution in [-0.2, 0) is 20.3 Å². The average molecular weight is 323 g/mol. The van der Waals surface area contributed by atoms with Crippen LogP contribution in [0.2, 0.25) is 0 Å². The number of H-pyrrole nitrogens is 1. The van der Waals surface area contributed by atoms with Crippen molar-refractivity contribution in [2.75, 3.05) is 0 Å². The molecule has 0 spiro atoms. The van der Waals surface area contributed by atoms with Crippen LogP contribution in [0.3, 0.4) is 0 Å². The Morgan fingerprint density at radius 2 is 2.15 bits per heavy atom. The normalized spacial score (nSPS) is 22.1. The maximum atomic E-state index is 11.7. The van der Waals surface area contributed by atoms with Crippen molar-refractivity contribution in [3.05, 3.63) is 27.0 Å². The van der Waals surface area contributed by atoms with Gasteiger partial charge in [0.1, 0.15) is 0 Å². The number of aromatic amines is 1. The highest BCUT2D eigenvalue weighted by Gasteiger charge is 2.32. The smallest absolute Gasteiger partial charge is 0.328 e. The Balaban J connectivity index is 2.34. The Bertz CT molecular complexity index is 734. The lowest BCUT2D eigenvalue weighted by Gasteiger charge is -2.19. The molecule has 1 aromatic rings. The molecular formula is C11H15ClN2O5S. The number of hydrogen-bond acceptors (Lipinski definition) is 5. The average Bonchev–Trinajstić information content (AvgIpc) is 2.60. The highest BCUT2D eigenvalue weighted by atomic mass is 35.7. The van der Waals surface area contributed by atoms with E-state index in [4.69, 9.17) is 15.4 Å². The number of aromatic nitrogens is 2. The summed E-state index contributed by atoms with van der Waals surface area (Å²) in [6.07, 6.45) is 2.34. The third-order valence-electron chi connectivity index (χ3n) is 3.20. The zero-order valence-corrected chi connectivity index (χ0v) is 12.6. The van der Waals surface area contributed by atoms with E-state index >= 15 is 0 Å². The molecule has 1 saturated heterocycles. The topological polar surface area (TPSA) is 98.2 Å². The van der Waals surface area contributed by atoms with Gasteiger partial charge in [-0.1, -0.05) is 0 Å². The SMILES string of the molecule is CC1(C)CCC(Cn2cc(S(=O)(=O)Cl)c(=O)[nH]c2=O)O1. The van der Waals surface area contributed by atoms with Gasteiger partial charge in [-0.05, 0) is 26.7 Å². The molecule has 2 rings (SSSR count). The second-order valence-corrected chi connectivity index (χ2v) is 7.92. The summed E-state index contributed by atoms with van der Waals surface area (Å²) in [5, 5.41) is 0. The number of ether oxygens (including phenoxy) is 1. The molecule has 0 aliphatic carbocycles. The van der Waals surface area contributed by atoms with E-state index < -0.39 is 25.2 Å². The number of hydrogen-bond donors (Lipinski definition) is 1. The fraction of sp³-hybridized carbons (Fsp3) is 0.636. The first-order valence-electron chi connectivity index (χ1n) is 6.05. The number of halogens is 1. The van der Waals surface area contributed by atoms with Gasteiger partial charge < -0.3 is 4.74 Å². The molecule has 1 atom stereocenters. The minimum atomic E-state index is -4.20. The quantitative estimate of drug-likeness (QED) is 0.813. The first kappa shape index (κ1) is 15.3. The van der Waals surface area contributed by atoms with Gasteiger partial charge in [0.15, 0.2) is 4.90 Å². The lowest BCUT2D eigenvalue weighted by atomic mass is 10.1. The first-order chi connectivity index (χ1) is 9.08. The van der Waals surface area contributed by atoms with E-state index in [0.29, 0.717) is 0 Å². The van der Waals surface area contributed by atoms with Crippen LogP contribution in [0, 0.1) is 0 Å². The summed E-state index contributed by atoms with van der Waals surface area (Å²) in [6.45, 7) is 4.05. The second kappa shape index (κ2) is 5.01. The maximum absolute atomic E-state index is 11.7. The highest BCUT2D eigenvalue weighted by Crippen LogP contribution is 2.29. The molecule has 0 radical (unpaired) electrons. The Hall–Kier alpha value is -1.12. The van der Waals surface area contributed by atoms with Crippen LogP contribution in [0.5, 0.6) is 0 Å². The lowest BCUT2D eigenvalue weighted by Crippen LogP contribution is -2.35. The third-order valence-corrected chi connectivity index (χ3v) is 4.51. The van der Waals surface area contributed by atoms with Gasteiger partial charge in [-0.25, -0.2) is 13.2 Å². The predicted octanol–water partition coefficient (Wildman–Crippen LogP) is 0.422. The summed E-state index contributed by atoms with van der Waals surface area (Å²) in [7, 11) is 0.954. The van der Waals surface area contributed by atoms with E-state index in [-0.39, 0.29) is 18.2 Å². The molecule has 0 aromatic carbocycles. The van der Waals surface area contributed by atoms with E-state index in [0.717, 1.165) is 23.6 Å². The molecule has 20 heavy (non-hydrogen) atoms. The van der Waals surface area contributed by atoms with Crippen molar-refractivity contribution in [3.63, 3.8) is 0 Å². The first-order valence-corrected chi connectivity index (χ1v) is 8.36. The van der Waals surface area contributed by atoms with Crippen LogP contribution in [0.15, 0.2) is 20.7 Å². The largest absolute Gasteiger partial charge is 0.370 e. The van der Waals surface area contributed by atoms with Crippen molar-refractivity contribution in [2.24, 2.45) is 0 Å². The van der Waals surface area contributed by atoms with Crippen molar-refractivity contribution in [3.8, 4) is 0 Å². The van der Waals surface area contributed by atoms with Crippen LogP contribution >= 0.6 is 10.7 Å².